The van der Waals surface area contributed by atoms with E-state index in [1.165, 1.54) is 0 Å². The molecule has 17 heavy (non-hydrogen) atoms. The van der Waals surface area contributed by atoms with Crippen LogP contribution in [0.25, 0.3) is 0 Å². The highest BCUT2D eigenvalue weighted by Gasteiger charge is 2.07. The number of ether oxygens (including phenoxy) is 2. The number of halogens is 2. The molecule has 0 heterocycles. The SMILES string of the molecule is CSCCOC(=O)COc1ccc(Cl)cc1Cl. The van der Waals surface area contributed by atoms with E-state index in [1.54, 1.807) is 30.0 Å². The van der Waals surface area contributed by atoms with E-state index >= 15 is 0 Å². The summed E-state index contributed by atoms with van der Waals surface area (Å²) < 4.78 is 10.1. The van der Waals surface area contributed by atoms with Gasteiger partial charge in [0.25, 0.3) is 0 Å². The lowest BCUT2D eigenvalue weighted by atomic mass is 10.3. The van der Waals surface area contributed by atoms with E-state index in [4.69, 9.17) is 32.7 Å². The highest BCUT2D eigenvalue weighted by atomic mass is 35.5. The van der Waals surface area contributed by atoms with Gasteiger partial charge in [-0.2, -0.15) is 11.8 Å². The van der Waals surface area contributed by atoms with Gasteiger partial charge in [0, 0.05) is 10.8 Å². The lowest BCUT2D eigenvalue weighted by Gasteiger charge is -2.08. The first-order chi connectivity index (χ1) is 8.13. The van der Waals surface area contributed by atoms with Gasteiger partial charge in [-0.3, -0.25) is 0 Å². The third kappa shape index (κ3) is 5.52. The zero-order valence-electron chi connectivity index (χ0n) is 9.24. The number of hydrogen-bond donors (Lipinski definition) is 0. The summed E-state index contributed by atoms with van der Waals surface area (Å²) in [5.41, 5.74) is 0. The minimum Gasteiger partial charge on any atom is -0.480 e. The third-order valence-electron chi connectivity index (χ3n) is 1.79. The molecule has 0 aliphatic carbocycles. The van der Waals surface area contributed by atoms with Crippen molar-refractivity contribution in [1.82, 2.24) is 0 Å². The Labute approximate surface area is 114 Å². The highest BCUT2D eigenvalue weighted by Crippen LogP contribution is 2.27. The largest absolute Gasteiger partial charge is 0.480 e. The van der Waals surface area contributed by atoms with Gasteiger partial charge in [0.1, 0.15) is 12.4 Å². The van der Waals surface area contributed by atoms with Crippen molar-refractivity contribution >= 4 is 40.9 Å². The maximum atomic E-state index is 11.2. The predicted molar refractivity (Wildman–Crippen MR) is 71.3 cm³/mol. The van der Waals surface area contributed by atoms with Gasteiger partial charge < -0.3 is 9.47 Å². The average molecular weight is 295 g/mol. The number of esters is 1. The summed E-state index contributed by atoms with van der Waals surface area (Å²) in [5.74, 6) is 0.774. The molecule has 0 amide bonds. The normalized spacial score (nSPS) is 10.1. The molecule has 0 atom stereocenters. The van der Waals surface area contributed by atoms with Crippen LogP contribution >= 0.6 is 35.0 Å². The van der Waals surface area contributed by atoms with Crippen LogP contribution in [0.3, 0.4) is 0 Å². The van der Waals surface area contributed by atoms with Crippen LogP contribution in [0.15, 0.2) is 18.2 Å². The van der Waals surface area contributed by atoms with Crippen LogP contribution in [0, 0.1) is 0 Å². The van der Waals surface area contributed by atoms with Crippen molar-refractivity contribution in [3.63, 3.8) is 0 Å². The van der Waals surface area contributed by atoms with Gasteiger partial charge in [0.2, 0.25) is 0 Å². The summed E-state index contributed by atoms with van der Waals surface area (Å²) in [5, 5.41) is 0.888. The molecule has 1 rings (SSSR count). The molecule has 0 N–H and O–H groups in total. The second kappa shape index (κ2) is 7.69. The fourth-order valence-electron chi connectivity index (χ4n) is 1.01. The molecule has 6 heteroatoms. The Balaban J connectivity index is 2.37. The summed E-state index contributed by atoms with van der Waals surface area (Å²) >= 11 is 13.2. The van der Waals surface area contributed by atoms with Crippen molar-refractivity contribution in [2.45, 2.75) is 0 Å². The minimum absolute atomic E-state index is 0.157. The zero-order chi connectivity index (χ0) is 12.7. The third-order valence-corrected chi connectivity index (χ3v) is 2.90. The van der Waals surface area contributed by atoms with Crippen molar-refractivity contribution in [1.29, 1.82) is 0 Å². The van der Waals surface area contributed by atoms with Gasteiger partial charge in [-0.25, -0.2) is 4.79 Å². The molecule has 0 aliphatic rings. The maximum Gasteiger partial charge on any atom is 0.344 e. The average Bonchev–Trinajstić information content (AvgIpc) is 2.28. The van der Waals surface area contributed by atoms with Crippen molar-refractivity contribution in [2.24, 2.45) is 0 Å². The Kier molecular flexibility index (Phi) is 6.55. The number of rotatable bonds is 6. The molecule has 0 saturated heterocycles. The molecule has 1 aromatic rings. The van der Waals surface area contributed by atoms with E-state index in [-0.39, 0.29) is 6.61 Å². The maximum absolute atomic E-state index is 11.2. The van der Waals surface area contributed by atoms with E-state index in [9.17, 15) is 4.79 Å². The number of carbonyl (C=O) groups is 1. The number of benzene rings is 1. The van der Waals surface area contributed by atoms with Crippen LogP contribution in [-0.2, 0) is 9.53 Å². The van der Waals surface area contributed by atoms with Crippen LogP contribution in [-0.4, -0.2) is 31.2 Å². The Morgan fingerprint density at radius 1 is 1.41 bits per heavy atom. The van der Waals surface area contributed by atoms with Crippen LogP contribution < -0.4 is 4.74 Å². The number of hydrogen-bond acceptors (Lipinski definition) is 4. The van der Waals surface area contributed by atoms with Gasteiger partial charge in [0.15, 0.2) is 6.61 Å². The molecule has 0 unspecified atom stereocenters. The van der Waals surface area contributed by atoms with E-state index < -0.39 is 5.97 Å². The van der Waals surface area contributed by atoms with Crippen LogP contribution in [0.1, 0.15) is 0 Å². The Bertz CT molecular complexity index is 385. The first-order valence-corrected chi connectivity index (χ1v) is 7.01. The van der Waals surface area contributed by atoms with Crippen molar-refractivity contribution in [3.05, 3.63) is 28.2 Å². The molecule has 0 saturated carbocycles. The van der Waals surface area contributed by atoms with E-state index in [2.05, 4.69) is 0 Å². The standard InChI is InChI=1S/C11H12Cl2O3S/c1-17-5-4-15-11(14)7-16-10-3-2-8(12)6-9(10)13/h2-3,6H,4-5,7H2,1H3. The molecule has 0 aliphatic heterocycles. The van der Waals surface area contributed by atoms with Gasteiger partial charge in [-0.05, 0) is 24.5 Å². The highest BCUT2D eigenvalue weighted by molar-refractivity contribution is 7.98. The summed E-state index contributed by atoms with van der Waals surface area (Å²) in [6, 6.07) is 4.80. The van der Waals surface area contributed by atoms with Gasteiger partial charge >= 0.3 is 5.97 Å². The second-order valence-electron chi connectivity index (χ2n) is 3.08. The molecule has 94 valence electrons. The van der Waals surface area contributed by atoms with Crippen molar-refractivity contribution < 1.29 is 14.3 Å². The van der Waals surface area contributed by atoms with E-state index in [1.807, 2.05) is 6.26 Å². The van der Waals surface area contributed by atoms with Crippen molar-refractivity contribution in [2.75, 3.05) is 25.2 Å². The summed E-state index contributed by atoms with van der Waals surface area (Å²) in [4.78, 5) is 11.2. The first kappa shape index (κ1) is 14.5. The number of carbonyl (C=O) groups excluding carboxylic acids is 1. The molecular weight excluding hydrogens is 283 g/mol. The zero-order valence-corrected chi connectivity index (χ0v) is 11.6. The summed E-state index contributed by atoms with van der Waals surface area (Å²) in [6.45, 7) is 0.230. The molecule has 0 aromatic heterocycles. The number of thioether (sulfide) groups is 1. The lowest BCUT2D eigenvalue weighted by molar-refractivity contribution is -0.145. The molecule has 3 nitrogen and oxygen atoms in total. The fourth-order valence-corrected chi connectivity index (χ4v) is 1.72. The van der Waals surface area contributed by atoms with E-state index in [0.29, 0.717) is 22.4 Å². The summed E-state index contributed by atoms with van der Waals surface area (Å²) in [7, 11) is 0. The van der Waals surface area contributed by atoms with Crippen molar-refractivity contribution in [3.8, 4) is 5.75 Å². The quantitative estimate of drug-likeness (QED) is 0.596. The molecule has 1 aromatic carbocycles. The first-order valence-electron chi connectivity index (χ1n) is 4.86. The molecule has 0 fully saturated rings. The van der Waals surface area contributed by atoms with Crippen LogP contribution in [0.5, 0.6) is 5.75 Å². The molecular formula is C11H12Cl2O3S. The molecule has 0 spiro atoms. The van der Waals surface area contributed by atoms with E-state index in [0.717, 1.165) is 5.75 Å². The van der Waals surface area contributed by atoms with Crippen LogP contribution in [0.2, 0.25) is 10.0 Å². The summed E-state index contributed by atoms with van der Waals surface area (Å²) in [6.07, 6.45) is 1.94. The van der Waals surface area contributed by atoms with Gasteiger partial charge in [-0.1, -0.05) is 23.2 Å². The second-order valence-corrected chi connectivity index (χ2v) is 4.91. The predicted octanol–water partition coefficient (Wildman–Crippen LogP) is 3.28. The topological polar surface area (TPSA) is 35.5 Å². The smallest absolute Gasteiger partial charge is 0.344 e. The fraction of sp³-hybridized carbons (Fsp3) is 0.364. The van der Waals surface area contributed by atoms with Crippen LogP contribution in [0.4, 0.5) is 0 Å². The Hall–Kier alpha value is -0.580. The minimum atomic E-state index is -0.412. The Morgan fingerprint density at radius 3 is 2.82 bits per heavy atom. The monoisotopic (exact) mass is 294 g/mol. The van der Waals surface area contributed by atoms with Gasteiger partial charge in [-0.15, -0.1) is 0 Å². The Morgan fingerprint density at radius 2 is 2.18 bits per heavy atom. The molecule has 0 bridgehead atoms. The molecule has 0 radical (unpaired) electrons. The van der Waals surface area contributed by atoms with Gasteiger partial charge in [0.05, 0.1) is 5.02 Å². The lowest BCUT2D eigenvalue weighted by Crippen LogP contribution is -2.16.